The molecule has 0 saturated carbocycles. The molecule has 8 heteroatoms. The second-order valence-electron chi connectivity index (χ2n) is 7.02. The predicted molar refractivity (Wildman–Crippen MR) is 124 cm³/mol. The van der Waals surface area contributed by atoms with Crippen LogP contribution in [-0.2, 0) is 14.3 Å². The van der Waals surface area contributed by atoms with Crippen LogP contribution in [0, 0.1) is 0 Å². The molecule has 0 aliphatic carbocycles. The summed E-state index contributed by atoms with van der Waals surface area (Å²) in [4.78, 5) is 27.6. The number of methoxy groups -OCH3 is 1. The van der Waals surface area contributed by atoms with Crippen molar-refractivity contribution in [3.63, 3.8) is 0 Å². The van der Waals surface area contributed by atoms with E-state index in [-0.39, 0.29) is 24.1 Å². The van der Waals surface area contributed by atoms with Crippen molar-refractivity contribution in [3.8, 4) is 11.5 Å². The molecule has 0 radical (unpaired) electrons. The number of amides is 2. The molecule has 32 heavy (non-hydrogen) atoms. The van der Waals surface area contributed by atoms with Crippen LogP contribution in [-0.4, -0.2) is 50.2 Å². The molecule has 1 aliphatic heterocycles. The second-order valence-corrected chi connectivity index (χ2v) is 7.45. The number of anilines is 1. The lowest BCUT2D eigenvalue weighted by molar-refractivity contribution is -0.136. The van der Waals surface area contributed by atoms with Gasteiger partial charge in [-0.05, 0) is 50.1 Å². The Morgan fingerprint density at radius 2 is 1.62 bits per heavy atom. The highest BCUT2D eigenvalue weighted by Gasteiger charge is 2.38. The van der Waals surface area contributed by atoms with E-state index in [0.29, 0.717) is 59.6 Å². The summed E-state index contributed by atoms with van der Waals surface area (Å²) in [6.45, 7) is 5.46. The molecule has 3 rings (SSSR count). The van der Waals surface area contributed by atoms with Crippen molar-refractivity contribution in [1.29, 1.82) is 0 Å². The fourth-order valence-corrected chi connectivity index (χ4v) is 3.55. The summed E-state index contributed by atoms with van der Waals surface area (Å²) in [5.74, 6) is 0.429. The molecule has 0 saturated heterocycles. The average molecular weight is 459 g/mol. The van der Waals surface area contributed by atoms with E-state index >= 15 is 0 Å². The van der Waals surface area contributed by atoms with Gasteiger partial charge in [-0.1, -0.05) is 23.7 Å². The molecule has 2 aromatic carbocycles. The minimum Gasteiger partial charge on any atom is -0.490 e. The maximum atomic E-state index is 13.2. The van der Waals surface area contributed by atoms with Gasteiger partial charge in [-0.2, -0.15) is 0 Å². The Morgan fingerprint density at radius 3 is 2.28 bits per heavy atom. The Kier molecular flexibility index (Phi) is 8.14. The van der Waals surface area contributed by atoms with Gasteiger partial charge < -0.3 is 19.5 Å². The molecule has 0 aromatic heterocycles. The zero-order valence-electron chi connectivity index (χ0n) is 18.4. The van der Waals surface area contributed by atoms with Crippen molar-refractivity contribution >= 4 is 34.7 Å². The van der Waals surface area contributed by atoms with E-state index in [1.165, 1.54) is 4.90 Å². The number of nitrogens with zero attached hydrogens (tertiary/aromatic N) is 1. The topological polar surface area (TPSA) is 77.1 Å². The van der Waals surface area contributed by atoms with Crippen LogP contribution < -0.4 is 14.8 Å². The number of nitrogens with one attached hydrogen (secondary N) is 1. The van der Waals surface area contributed by atoms with Gasteiger partial charge >= 0.3 is 0 Å². The van der Waals surface area contributed by atoms with E-state index in [9.17, 15) is 9.59 Å². The standard InChI is InChI=1S/C24H27ClN2O5/c1-4-31-19-12-11-18(15-20(19)32-5-2)26-22-21(16-7-9-17(25)10-8-16)23(28)27(24(22)29)13-6-14-30-3/h7-12,15,26H,4-6,13-14H2,1-3H3. The summed E-state index contributed by atoms with van der Waals surface area (Å²) in [5, 5.41) is 3.69. The number of imide groups is 1. The van der Waals surface area contributed by atoms with Crippen molar-refractivity contribution in [3.05, 3.63) is 58.7 Å². The van der Waals surface area contributed by atoms with Crippen molar-refractivity contribution < 1.29 is 23.8 Å². The summed E-state index contributed by atoms with van der Waals surface area (Å²) in [7, 11) is 1.58. The molecule has 0 spiro atoms. The molecule has 0 atom stereocenters. The minimum atomic E-state index is -0.386. The summed E-state index contributed by atoms with van der Waals surface area (Å²) in [6, 6.07) is 12.2. The first-order valence-corrected chi connectivity index (χ1v) is 10.9. The minimum absolute atomic E-state index is 0.210. The highest BCUT2D eigenvalue weighted by molar-refractivity contribution is 6.36. The smallest absolute Gasteiger partial charge is 0.278 e. The maximum Gasteiger partial charge on any atom is 0.278 e. The number of carbonyl (C=O) groups is 2. The zero-order valence-corrected chi connectivity index (χ0v) is 19.2. The first-order valence-electron chi connectivity index (χ1n) is 10.5. The average Bonchev–Trinajstić information content (AvgIpc) is 3.01. The molecular formula is C24H27ClN2O5. The van der Waals surface area contributed by atoms with E-state index in [4.69, 9.17) is 25.8 Å². The molecule has 1 N–H and O–H groups in total. The number of halogens is 1. The van der Waals surface area contributed by atoms with Gasteiger partial charge in [-0.25, -0.2) is 0 Å². The predicted octanol–water partition coefficient (Wildman–Crippen LogP) is 4.37. The molecule has 0 unspecified atom stereocenters. The number of hydrogen-bond acceptors (Lipinski definition) is 6. The van der Waals surface area contributed by atoms with Gasteiger partial charge in [0.25, 0.3) is 11.8 Å². The Bertz CT molecular complexity index is 1000. The van der Waals surface area contributed by atoms with Crippen LogP contribution >= 0.6 is 11.6 Å². The fraction of sp³-hybridized carbons (Fsp3) is 0.333. The van der Waals surface area contributed by atoms with Gasteiger partial charge in [-0.15, -0.1) is 0 Å². The summed E-state index contributed by atoms with van der Waals surface area (Å²) in [6.07, 6.45) is 0.548. The largest absolute Gasteiger partial charge is 0.490 e. The van der Waals surface area contributed by atoms with Crippen molar-refractivity contribution in [1.82, 2.24) is 4.90 Å². The van der Waals surface area contributed by atoms with Gasteiger partial charge in [0.15, 0.2) is 11.5 Å². The molecule has 7 nitrogen and oxygen atoms in total. The Hall–Kier alpha value is -3.03. The molecule has 170 valence electrons. The first kappa shape index (κ1) is 23.6. The highest BCUT2D eigenvalue weighted by Crippen LogP contribution is 2.34. The van der Waals surface area contributed by atoms with Gasteiger partial charge in [-0.3, -0.25) is 14.5 Å². The molecule has 0 fully saturated rings. The lowest BCUT2D eigenvalue weighted by Crippen LogP contribution is -2.33. The molecule has 2 aromatic rings. The van der Waals surface area contributed by atoms with Crippen LogP contribution in [0.4, 0.5) is 5.69 Å². The van der Waals surface area contributed by atoms with Crippen LogP contribution in [0.5, 0.6) is 11.5 Å². The Balaban J connectivity index is 1.98. The SMILES string of the molecule is CCOc1ccc(NC2=C(c3ccc(Cl)cc3)C(=O)N(CCCOC)C2=O)cc1OCC. The zero-order chi connectivity index (χ0) is 23.1. The van der Waals surface area contributed by atoms with Crippen LogP contribution in [0.1, 0.15) is 25.8 Å². The second kappa shape index (κ2) is 11.0. The van der Waals surface area contributed by atoms with Crippen molar-refractivity contribution in [2.24, 2.45) is 0 Å². The highest BCUT2D eigenvalue weighted by atomic mass is 35.5. The van der Waals surface area contributed by atoms with Crippen molar-refractivity contribution in [2.45, 2.75) is 20.3 Å². The molecule has 0 bridgehead atoms. The van der Waals surface area contributed by atoms with Gasteiger partial charge in [0, 0.05) is 37.0 Å². The van der Waals surface area contributed by atoms with Crippen LogP contribution in [0.3, 0.4) is 0 Å². The Labute approximate surface area is 192 Å². The molecule has 1 heterocycles. The van der Waals surface area contributed by atoms with Gasteiger partial charge in [0.2, 0.25) is 0 Å². The van der Waals surface area contributed by atoms with E-state index in [1.54, 1.807) is 49.6 Å². The number of benzene rings is 2. The van der Waals surface area contributed by atoms with Gasteiger partial charge in [0.1, 0.15) is 5.70 Å². The van der Waals surface area contributed by atoms with Crippen LogP contribution in [0.2, 0.25) is 5.02 Å². The Morgan fingerprint density at radius 1 is 0.938 bits per heavy atom. The molecular weight excluding hydrogens is 432 g/mol. The van der Waals surface area contributed by atoms with E-state index in [2.05, 4.69) is 5.32 Å². The summed E-state index contributed by atoms with van der Waals surface area (Å²) >= 11 is 6.02. The third-order valence-electron chi connectivity index (χ3n) is 4.84. The summed E-state index contributed by atoms with van der Waals surface area (Å²) < 4.78 is 16.4. The molecule has 2 amide bonds. The number of ether oxygens (including phenoxy) is 3. The number of carbonyl (C=O) groups excluding carboxylic acids is 2. The first-order chi connectivity index (χ1) is 15.5. The maximum absolute atomic E-state index is 13.2. The molecule has 1 aliphatic rings. The lowest BCUT2D eigenvalue weighted by Gasteiger charge is -2.16. The normalized spacial score (nSPS) is 13.7. The quantitative estimate of drug-likeness (QED) is 0.398. The number of rotatable bonds is 11. The van der Waals surface area contributed by atoms with E-state index < -0.39 is 0 Å². The number of hydrogen-bond donors (Lipinski definition) is 1. The van der Waals surface area contributed by atoms with Crippen LogP contribution in [0.25, 0.3) is 5.57 Å². The summed E-state index contributed by atoms with van der Waals surface area (Å²) in [5.41, 5.74) is 1.73. The third-order valence-corrected chi connectivity index (χ3v) is 5.10. The van der Waals surface area contributed by atoms with E-state index in [0.717, 1.165) is 0 Å². The van der Waals surface area contributed by atoms with Crippen molar-refractivity contribution in [2.75, 3.05) is 38.8 Å². The monoisotopic (exact) mass is 458 g/mol. The van der Waals surface area contributed by atoms with Crippen LogP contribution in [0.15, 0.2) is 48.2 Å². The van der Waals surface area contributed by atoms with Gasteiger partial charge in [0.05, 0.1) is 18.8 Å². The van der Waals surface area contributed by atoms with E-state index in [1.807, 2.05) is 13.8 Å². The fourth-order valence-electron chi connectivity index (χ4n) is 3.42. The third kappa shape index (κ3) is 5.23. The lowest BCUT2D eigenvalue weighted by atomic mass is 10.0.